The zero-order valence-electron chi connectivity index (χ0n) is 11.2. The number of carbonyl (C=O) groups is 1. The zero-order valence-corrected chi connectivity index (χ0v) is 11.9. The summed E-state index contributed by atoms with van der Waals surface area (Å²) in [5, 5.41) is 3.12. The van der Waals surface area contributed by atoms with E-state index in [-0.39, 0.29) is 5.91 Å². The second-order valence-electron chi connectivity index (χ2n) is 4.21. The van der Waals surface area contributed by atoms with E-state index in [1.807, 2.05) is 6.07 Å². The molecule has 6 heteroatoms. The summed E-state index contributed by atoms with van der Waals surface area (Å²) in [4.78, 5) is 20.1. The van der Waals surface area contributed by atoms with Gasteiger partial charge in [-0.2, -0.15) is 0 Å². The fourth-order valence-electron chi connectivity index (χ4n) is 1.72. The summed E-state index contributed by atoms with van der Waals surface area (Å²) in [7, 11) is 1.55. The van der Waals surface area contributed by atoms with Crippen molar-refractivity contribution in [3.05, 3.63) is 52.4 Å². The Morgan fingerprint density at radius 2 is 2.20 bits per heavy atom. The molecule has 0 aliphatic heterocycles. The largest absolute Gasteiger partial charge is 0.481 e. The maximum absolute atomic E-state index is 12.0. The third-order valence-corrected chi connectivity index (χ3v) is 2.84. The molecule has 2 aromatic rings. The van der Waals surface area contributed by atoms with Crippen molar-refractivity contribution >= 4 is 17.5 Å². The molecular weight excluding hydrogens is 278 g/mol. The Kier molecular flexibility index (Phi) is 4.53. The van der Waals surface area contributed by atoms with E-state index >= 15 is 0 Å². The van der Waals surface area contributed by atoms with E-state index in [4.69, 9.17) is 16.3 Å². The van der Waals surface area contributed by atoms with E-state index in [9.17, 15) is 4.79 Å². The second kappa shape index (κ2) is 6.34. The van der Waals surface area contributed by atoms with E-state index in [0.29, 0.717) is 28.8 Å². The number of hydrogen-bond acceptors (Lipinski definition) is 4. The minimum Gasteiger partial charge on any atom is -0.481 e. The van der Waals surface area contributed by atoms with Crippen molar-refractivity contribution < 1.29 is 9.53 Å². The lowest BCUT2D eigenvalue weighted by molar-refractivity contribution is 0.0950. The average Bonchev–Trinajstić information content (AvgIpc) is 2.44. The van der Waals surface area contributed by atoms with Crippen LogP contribution in [0.3, 0.4) is 0 Å². The molecule has 2 rings (SSSR count). The van der Waals surface area contributed by atoms with Gasteiger partial charge in [-0.05, 0) is 30.7 Å². The molecule has 0 unspecified atom stereocenters. The summed E-state index contributed by atoms with van der Waals surface area (Å²) in [6.07, 6.45) is 1.63. The van der Waals surface area contributed by atoms with Gasteiger partial charge in [0.25, 0.3) is 5.91 Å². The van der Waals surface area contributed by atoms with E-state index in [1.54, 1.807) is 32.4 Å². The van der Waals surface area contributed by atoms with Crippen LogP contribution >= 0.6 is 11.6 Å². The number of nitrogens with one attached hydrogen (secondary N) is 1. The highest BCUT2D eigenvalue weighted by molar-refractivity contribution is 6.29. The fourth-order valence-corrected chi connectivity index (χ4v) is 1.97. The normalized spacial score (nSPS) is 10.2. The van der Waals surface area contributed by atoms with E-state index in [0.717, 1.165) is 5.56 Å². The maximum Gasteiger partial charge on any atom is 0.251 e. The van der Waals surface area contributed by atoms with Gasteiger partial charge in [-0.1, -0.05) is 11.6 Å². The molecule has 5 nitrogen and oxygen atoms in total. The van der Waals surface area contributed by atoms with E-state index < -0.39 is 0 Å². The van der Waals surface area contributed by atoms with Crippen LogP contribution < -0.4 is 10.1 Å². The third-order valence-electron chi connectivity index (χ3n) is 2.65. The lowest BCUT2D eigenvalue weighted by Gasteiger charge is -2.07. The number of amides is 1. The summed E-state index contributed by atoms with van der Waals surface area (Å²) in [6, 6.07) is 6.81. The lowest BCUT2D eigenvalue weighted by atomic mass is 10.2. The Morgan fingerprint density at radius 3 is 2.90 bits per heavy atom. The molecule has 0 spiro atoms. The Bertz CT molecular complexity index is 611. The molecule has 0 fully saturated rings. The van der Waals surface area contributed by atoms with Crippen molar-refractivity contribution in [1.82, 2.24) is 15.3 Å². The van der Waals surface area contributed by atoms with Crippen LogP contribution in [0.1, 0.15) is 21.6 Å². The first-order chi connectivity index (χ1) is 9.58. The van der Waals surface area contributed by atoms with Gasteiger partial charge in [0.1, 0.15) is 5.15 Å². The molecule has 0 radical (unpaired) electrons. The number of aryl methyl sites for hydroxylation is 1. The van der Waals surface area contributed by atoms with Crippen LogP contribution in [0.15, 0.2) is 30.5 Å². The predicted molar refractivity (Wildman–Crippen MR) is 75.9 cm³/mol. The number of aromatic nitrogens is 2. The summed E-state index contributed by atoms with van der Waals surface area (Å²) in [5.74, 6) is 0.313. The number of ether oxygens (including phenoxy) is 1. The van der Waals surface area contributed by atoms with Crippen molar-refractivity contribution in [2.45, 2.75) is 13.5 Å². The SMILES string of the molecule is COc1cc(CNC(=O)c2cc(C)nc(Cl)c2)ccn1. The molecule has 0 saturated carbocycles. The van der Waals surface area contributed by atoms with Gasteiger partial charge in [0.15, 0.2) is 0 Å². The molecule has 104 valence electrons. The van der Waals surface area contributed by atoms with Crippen LogP contribution in [0.25, 0.3) is 0 Å². The molecule has 2 heterocycles. The van der Waals surface area contributed by atoms with Gasteiger partial charge >= 0.3 is 0 Å². The Morgan fingerprint density at radius 1 is 1.40 bits per heavy atom. The topological polar surface area (TPSA) is 64.1 Å². The van der Waals surface area contributed by atoms with Gasteiger partial charge in [-0.15, -0.1) is 0 Å². The molecule has 0 aliphatic carbocycles. The predicted octanol–water partition coefficient (Wildman–Crippen LogP) is 2.38. The smallest absolute Gasteiger partial charge is 0.251 e. The van der Waals surface area contributed by atoms with Crippen molar-refractivity contribution in [2.24, 2.45) is 0 Å². The fraction of sp³-hybridized carbons (Fsp3) is 0.214. The Balaban J connectivity index is 2.04. The van der Waals surface area contributed by atoms with Crippen LogP contribution in [-0.2, 0) is 6.54 Å². The molecule has 1 amide bonds. The van der Waals surface area contributed by atoms with Crippen molar-refractivity contribution in [1.29, 1.82) is 0 Å². The van der Waals surface area contributed by atoms with Crippen LogP contribution in [0, 0.1) is 6.92 Å². The minimum absolute atomic E-state index is 0.201. The quantitative estimate of drug-likeness (QED) is 0.879. The summed E-state index contributed by atoms with van der Waals surface area (Å²) >= 11 is 5.84. The highest BCUT2D eigenvalue weighted by Crippen LogP contribution is 2.11. The first-order valence-corrected chi connectivity index (χ1v) is 6.37. The Hall–Kier alpha value is -2.14. The molecule has 0 aliphatic rings. The monoisotopic (exact) mass is 291 g/mol. The van der Waals surface area contributed by atoms with E-state index in [2.05, 4.69) is 15.3 Å². The minimum atomic E-state index is -0.201. The molecule has 20 heavy (non-hydrogen) atoms. The highest BCUT2D eigenvalue weighted by atomic mass is 35.5. The molecular formula is C14H14ClN3O2. The van der Waals surface area contributed by atoms with Crippen molar-refractivity contribution in [2.75, 3.05) is 7.11 Å². The number of nitrogens with zero attached hydrogens (tertiary/aromatic N) is 2. The Labute approximate surface area is 122 Å². The molecule has 0 aromatic carbocycles. The number of hydrogen-bond donors (Lipinski definition) is 1. The number of rotatable bonds is 4. The maximum atomic E-state index is 12.0. The van der Waals surface area contributed by atoms with Gasteiger partial charge in [-0.3, -0.25) is 4.79 Å². The first kappa shape index (κ1) is 14.3. The average molecular weight is 292 g/mol. The van der Waals surface area contributed by atoms with E-state index in [1.165, 1.54) is 6.07 Å². The van der Waals surface area contributed by atoms with Crippen molar-refractivity contribution in [3.63, 3.8) is 0 Å². The second-order valence-corrected chi connectivity index (χ2v) is 4.60. The number of methoxy groups -OCH3 is 1. The van der Waals surface area contributed by atoms with Gasteiger partial charge < -0.3 is 10.1 Å². The highest BCUT2D eigenvalue weighted by Gasteiger charge is 2.08. The summed E-state index contributed by atoms with van der Waals surface area (Å²) in [5.41, 5.74) is 2.10. The third kappa shape index (κ3) is 3.68. The van der Waals surface area contributed by atoms with Crippen LogP contribution in [0.5, 0.6) is 5.88 Å². The zero-order chi connectivity index (χ0) is 14.5. The molecule has 1 N–H and O–H groups in total. The molecule has 2 aromatic heterocycles. The van der Waals surface area contributed by atoms with Gasteiger partial charge in [0.05, 0.1) is 7.11 Å². The first-order valence-electron chi connectivity index (χ1n) is 6.00. The van der Waals surface area contributed by atoms with Crippen molar-refractivity contribution in [3.8, 4) is 5.88 Å². The van der Waals surface area contributed by atoms with Gasteiger partial charge in [0, 0.05) is 30.1 Å². The van der Waals surface area contributed by atoms with Crippen LogP contribution in [-0.4, -0.2) is 23.0 Å². The summed E-state index contributed by atoms with van der Waals surface area (Å²) < 4.78 is 5.03. The van der Waals surface area contributed by atoms with Crippen LogP contribution in [0.4, 0.5) is 0 Å². The van der Waals surface area contributed by atoms with Gasteiger partial charge in [-0.25, -0.2) is 9.97 Å². The van der Waals surface area contributed by atoms with Gasteiger partial charge in [0.2, 0.25) is 5.88 Å². The van der Waals surface area contributed by atoms with Crippen LogP contribution in [0.2, 0.25) is 5.15 Å². The number of halogens is 1. The number of pyridine rings is 2. The summed E-state index contributed by atoms with van der Waals surface area (Å²) in [6.45, 7) is 2.17. The standard InChI is InChI=1S/C14H14ClN3O2/c1-9-5-11(7-12(15)18-9)14(19)17-8-10-3-4-16-13(6-10)20-2/h3-7H,8H2,1-2H3,(H,17,19). The lowest BCUT2D eigenvalue weighted by Crippen LogP contribution is -2.23. The molecule has 0 saturated heterocycles. The number of carbonyl (C=O) groups excluding carboxylic acids is 1. The molecule has 0 atom stereocenters. The molecule has 0 bridgehead atoms.